The number of hydrogen-bond acceptors (Lipinski definition) is 8. The van der Waals surface area contributed by atoms with Crippen molar-refractivity contribution in [3.8, 4) is 5.88 Å². The van der Waals surface area contributed by atoms with Gasteiger partial charge in [-0.15, -0.1) is 5.10 Å². The lowest BCUT2D eigenvalue weighted by Gasteiger charge is -2.24. The number of fused-ring (bicyclic) bond motifs is 2. The summed E-state index contributed by atoms with van der Waals surface area (Å²) >= 11 is 3.36. The number of aryl methyl sites for hydroxylation is 1. The second-order valence-corrected chi connectivity index (χ2v) is 8.60. The van der Waals surface area contributed by atoms with E-state index >= 15 is 0 Å². The van der Waals surface area contributed by atoms with Crippen LogP contribution in [-0.4, -0.2) is 49.0 Å². The molecule has 13 heteroatoms. The van der Waals surface area contributed by atoms with Crippen molar-refractivity contribution in [2.24, 2.45) is 0 Å². The van der Waals surface area contributed by atoms with Gasteiger partial charge in [0, 0.05) is 12.5 Å². The Bertz CT molecular complexity index is 1610. The van der Waals surface area contributed by atoms with Gasteiger partial charge in [0.1, 0.15) is 22.0 Å². The number of imide groups is 1. The van der Waals surface area contributed by atoms with Gasteiger partial charge < -0.3 is 10.1 Å². The van der Waals surface area contributed by atoms with Crippen LogP contribution in [0.5, 0.6) is 5.88 Å². The molecule has 35 heavy (non-hydrogen) atoms. The number of rotatable bonds is 4. The zero-order chi connectivity index (χ0) is 24.9. The molecular formula is C22H18BrN7O5. The Balaban J connectivity index is 1.53. The molecule has 0 bridgehead atoms. The average molecular weight is 540 g/mol. The average Bonchev–Trinajstić information content (AvgIpc) is 3.16. The molecule has 0 radical (unpaired) electrons. The molecule has 1 aliphatic rings. The molecule has 4 aromatic rings. The van der Waals surface area contributed by atoms with Crippen LogP contribution < -0.4 is 20.9 Å². The van der Waals surface area contributed by atoms with Crippen LogP contribution in [0.3, 0.4) is 0 Å². The molecule has 1 saturated heterocycles. The van der Waals surface area contributed by atoms with Gasteiger partial charge in [-0.2, -0.15) is 0 Å². The van der Waals surface area contributed by atoms with Crippen LogP contribution in [-0.2, 0) is 9.59 Å². The Hall–Kier alpha value is -4.13. The van der Waals surface area contributed by atoms with Crippen LogP contribution in [0.1, 0.15) is 35.2 Å². The minimum absolute atomic E-state index is 0.0800. The minimum Gasteiger partial charge on any atom is -0.480 e. The molecule has 3 amide bonds. The van der Waals surface area contributed by atoms with E-state index in [1.807, 2.05) is 0 Å². The summed E-state index contributed by atoms with van der Waals surface area (Å²) < 4.78 is 8.16. The Morgan fingerprint density at radius 1 is 1.20 bits per heavy atom. The molecular weight excluding hydrogens is 522 g/mol. The number of carbonyl (C=O) groups is 3. The van der Waals surface area contributed by atoms with Crippen LogP contribution in [0, 0.1) is 6.92 Å². The Morgan fingerprint density at radius 3 is 2.74 bits per heavy atom. The molecule has 3 aromatic heterocycles. The lowest BCUT2D eigenvalue weighted by molar-refractivity contribution is -0.135. The number of carbonyl (C=O) groups excluding carboxylic acids is 3. The zero-order valence-electron chi connectivity index (χ0n) is 18.5. The van der Waals surface area contributed by atoms with Crippen LogP contribution in [0.2, 0.25) is 0 Å². The van der Waals surface area contributed by atoms with E-state index in [9.17, 15) is 19.2 Å². The monoisotopic (exact) mass is 539 g/mol. The standard InChI is InChI=1S/C22H18BrN7O5/c1-10-24-17-11(22(34)29(10)13-6-8-15(31)27-20(13)32)4-3-5-12(17)25-21(33)18-19(23)30-14(26-18)7-9-16(28-30)35-2/h3-5,7,9,13H,6,8H2,1-2H3,(H,25,33)(H,27,31,32). The number of piperidine rings is 1. The van der Waals surface area contributed by atoms with Gasteiger partial charge in [0.05, 0.1) is 18.2 Å². The number of nitrogens with zero attached hydrogens (tertiary/aromatic N) is 5. The van der Waals surface area contributed by atoms with E-state index in [0.717, 1.165) is 0 Å². The van der Waals surface area contributed by atoms with Crippen molar-refractivity contribution in [1.29, 1.82) is 0 Å². The normalized spacial score (nSPS) is 15.9. The maximum absolute atomic E-state index is 13.3. The van der Waals surface area contributed by atoms with Crippen molar-refractivity contribution in [1.82, 2.24) is 29.5 Å². The molecule has 1 aliphatic heterocycles. The molecule has 2 N–H and O–H groups in total. The summed E-state index contributed by atoms with van der Waals surface area (Å²) in [7, 11) is 1.48. The maximum Gasteiger partial charge on any atom is 0.277 e. The van der Waals surface area contributed by atoms with Gasteiger partial charge in [0.15, 0.2) is 11.3 Å². The van der Waals surface area contributed by atoms with Crippen molar-refractivity contribution in [3.63, 3.8) is 0 Å². The molecule has 0 spiro atoms. The summed E-state index contributed by atoms with van der Waals surface area (Å²) in [5.74, 6) is -0.823. The number of methoxy groups -OCH3 is 1. The zero-order valence-corrected chi connectivity index (χ0v) is 20.1. The molecule has 1 fully saturated rings. The molecule has 0 aliphatic carbocycles. The Labute approximate surface area is 205 Å². The fourth-order valence-corrected chi connectivity index (χ4v) is 4.58. The number of aromatic nitrogens is 5. The van der Waals surface area contributed by atoms with E-state index in [1.165, 1.54) is 16.2 Å². The second kappa shape index (κ2) is 8.58. The van der Waals surface area contributed by atoms with E-state index in [0.29, 0.717) is 21.8 Å². The summed E-state index contributed by atoms with van der Waals surface area (Å²) in [6.45, 7) is 1.60. The first-order chi connectivity index (χ1) is 16.8. The van der Waals surface area contributed by atoms with E-state index in [2.05, 4.69) is 41.6 Å². The highest BCUT2D eigenvalue weighted by molar-refractivity contribution is 9.10. The number of amides is 3. The van der Waals surface area contributed by atoms with Gasteiger partial charge in [-0.3, -0.25) is 29.1 Å². The lowest BCUT2D eigenvalue weighted by atomic mass is 10.1. The topological polar surface area (TPSA) is 150 Å². The van der Waals surface area contributed by atoms with Gasteiger partial charge in [-0.1, -0.05) is 6.07 Å². The number of nitrogens with one attached hydrogen (secondary N) is 2. The molecule has 0 saturated carbocycles. The van der Waals surface area contributed by atoms with Crippen LogP contribution >= 0.6 is 15.9 Å². The van der Waals surface area contributed by atoms with Gasteiger partial charge in [0.25, 0.3) is 11.5 Å². The van der Waals surface area contributed by atoms with Crippen LogP contribution in [0.15, 0.2) is 39.7 Å². The van der Waals surface area contributed by atoms with Gasteiger partial charge in [-0.05, 0) is 47.5 Å². The van der Waals surface area contributed by atoms with Crippen molar-refractivity contribution in [2.45, 2.75) is 25.8 Å². The molecule has 1 unspecified atom stereocenters. The van der Waals surface area contributed by atoms with Gasteiger partial charge in [0.2, 0.25) is 17.7 Å². The highest BCUT2D eigenvalue weighted by Crippen LogP contribution is 2.25. The third kappa shape index (κ3) is 3.83. The van der Waals surface area contributed by atoms with Gasteiger partial charge >= 0.3 is 0 Å². The second-order valence-electron chi connectivity index (χ2n) is 7.85. The third-order valence-corrected chi connectivity index (χ3v) is 6.41. The first kappa shape index (κ1) is 22.7. The number of hydrogen-bond donors (Lipinski definition) is 2. The fourth-order valence-electron chi connectivity index (χ4n) is 4.05. The molecule has 5 rings (SSSR count). The third-order valence-electron chi connectivity index (χ3n) is 5.70. The van der Waals surface area contributed by atoms with E-state index in [-0.39, 0.29) is 41.2 Å². The molecule has 12 nitrogen and oxygen atoms in total. The SMILES string of the molecule is COc1ccc2nc(C(=O)Nc3cccc4c(=O)n(C5CCC(=O)NC5=O)c(C)nc34)c(Br)n2n1. The largest absolute Gasteiger partial charge is 0.480 e. The highest BCUT2D eigenvalue weighted by Gasteiger charge is 2.31. The Kier molecular flexibility index (Phi) is 5.55. The summed E-state index contributed by atoms with van der Waals surface area (Å²) in [6, 6.07) is 7.24. The van der Waals surface area contributed by atoms with Crippen molar-refractivity contribution >= 4 is 55.9 Å². The molecule has 178 valence electrons. The number of para-hydroxylation sites is 1. The highest BCUT2D eigenvalue weighted by atomic mass is 79.9. The predicted octanol–water partition coefficient (Wildman–Crippen LogP) is 1.75. The molecule has 1 aromatic carbocycles. The van der Waals surface area contributed by atoms with E-state index < -0.39 is 23.4 Å². The van der Waals surface area contributed by atoms with E-state index in [1.54, 1.807) is 37.3 Å². The minimum atomic E-state index is -0.839. The summed E-state index contributed by atoms with van der Waals surface area (Å²) in [5.41, 5.74) is 0.644. The van der Waals surface area contributed by atoms with Crippen molar-refractivity contribution in [2.75, 3.05) is 12.4 Å². The van der Waals surface area contributed by atoms with Crippen molar-refractivity contribution < 1.29 is 19.1 Å². The molecule has 1 atom stereocenters. The number of imidazole rings is 1. The quantitative estimate of drug-likeness (QED) is 0.372. The summed E-state index contributed by atoms with van der Waals surface area (Å²) in [6.07, 6.45) is 0.334. The lowest BCUT2D eigenvalue weighted by Crippen LogP contribution is -2.45. The van der Waals surface area contributed by atoms with Crippen LogP contribution in [0.25, 0.3) is 16.6 Å². The maximum atomic E-state index is 13.3. The Morgan fingerprint density at radius 2 is 2.00 bits per heavy atom. The number of benzene rings is 1. The fraction of sp³-hybridized carbons (Fsp3) is 0.227. The number of anilines is 1. The number of ether oxygens (including phenoxy) is 1. The first-order valence-electron chi connectivity index (χ1n) is 10.5. The van der Waals surface area contributed by atoms with Gasteiger partial charge in [-0.25, -0.2) is 14.5 Å². The summed E-state index contributed by atoms with van der Waals surface area (Å²) in [5, 5.41) is 9.48. The predicted molar refractivity (Wildman–Crippen MR) is 127 cm³/mol. The summed E-state index contributed by atoms with van der Waals surface area (Å²) in [4.78, 5) is 59.1. The van der Waals surface area contributed by atoms with Crippen molar-refractivity contribution in [3.05, 3.63) is 56.8 Å². The van der Waals surface area contributed by atoms with Crippen LogP contribution in [0.4, 0.5) is 5.69 Å². The molecule has 4 heterocycles. The van der Waals surface area contributed by atoms with E-state index in [4.69, 9.17) is 4.74 Å². The number of halogens is 1. The first-order valence-corrected chi connectivity index (χ1v) is 11.3. The smallest absolute Gasteiger partial charge is 0.277 e.